The van der Waals surface area contributed by atoms with Crippen LogP contribution in [0.2, 0.25) is 0 Å². The summed E-state index contributed by atoms with van der Waals surface area (Å²) in [5, 5.41) is 7.33. The Hall–Kier alpha value is -2.91. The minimum absolute atomic E-state index is 0.0298. The Kier molecular flexibility index (Phi) is 8.43. The van der Waals surface area contributed by atoms with Crippen LogP contribution in [0, 0.1) is 5.41 Å². The molecule has 2 aromatic rings. The number of nitrogens with one attached hydrogen (secondary N) is 1. The van der Waals surface area contributed by atoms with Gasteiger partial charge in [-0.15, -0.1) is 0 Å². The number of amidine groups is 1. The van der Waals surface area contributed by atoms with E-state index in [1.165, 1.54) is 7.11 Å². The van der Waals surface area contributed by atoms with E-state index in [9.17, 15) is 4.79 Å². The molecule has 2 aromatic carbocycles. The molecule has 0 heterocycles. The van der Waals surface area contributed by atoms with Gasteiger partial charge in [-0.3, -0.25) is 10.2 Å². The van der Waals surface area contributed by atoms with Crippen molar-refractivity contribution in [3.8, 4) is 11.5 Å². The van der Waals surface area contributed by atoms with Gasteiger partial charge in [-0.25, -0.2) is 8.42 Å². The standard InChI is InChI=1S/C17H18N2O3.CH4O3S/c1-21-14-4-2-3-5-15(14)22-16(20)11-8-12-6-9-13(10-7-12)17(18)19;1-5(2,3)4/h2-7,9-10H,8,11H2,1H3,(H3,18,19);1H3,(H,2,3,4)/p-1. The van der Waals surface area contributed by atoms with Gasteiger partial charge in [0.25, 0.3) is 0 Å². The van der Waals surface area contributed by atoms with Gasteiger partial charge < -0.3 is 19.8 Å². The number of nitrogen functional groups attached to an aromatic ring is 1. The molecular formula is C18H21N2O6S-. The number of ether oxygens (including phenoxy) is 2. The highest BCUT2D eigenvalue weighted by Gasteiger charge is 2.09. The predicted octanol–water partition coefficient (Wildman–Crippen LogP) is 1.68. The summed E-state index contributed by atoms with van der Waals surface area (Å²) in [6, 6.07) is 14.3. The lowest BCUT2D eigenvalue weighted by Gasteiger charge is -2.08. The van der Waals surface area contributed by atoms with E-state index >= 15 is 0 Å². The van der Waals surface area contributed by atoms with Crippen molar-refractivity contribution >= 4 is 21.9 Å². The van der Waals surface area contributed by atoms with Crippen LogP contribution < -0.4 is 15.2 Å². The van der Waals surface area contributed by atoms with Gasteiger partial charge >= 0.3 is 5.97 Å². The van der Waals surface area contributed by atoms with Crippen LogP contribution >= 0.6 is 0 Å². The summed E-state index contributed by atoms with van der Waals surface area (Å²) >= 11 is 0. The molecule has 0 saturated heterocycles. The van der Waals surface area contributed by atoms with Crippen molar-refractivity contribution in [1.29, 1.82) is 5.41 Å². The van der Waals surface area contributed by atoms with Crippen molar-refractivity contribution in [2.24, 2.45) is 5.73 Å². The first-order valence-corrected chi connectivity index (χ1v) is 9.59. The average Bonchev–Trinajstić information content (AvgIpc) is 2.59. The van der Waals surface area contributed by atoms with E-state index < -0.39 is 10.1 Å². The maximum absolute atomic E-state index is 11.9. The van der Waals surface area contributed by atoms with E-state index in [4.69, 9.17) is 33.6 Å². The number of para-hydroxylation sites is 2. The largest absolute Gasteiger partial charge is 0.748 e. The molecule has 0 aliphatic heterocycles. The first-order valence-electron chi connectivity index (χ1n) is 7.78. The molecule has 0 unspecified atom stereocenters. The molecular weight excluding hydrogens is 372 g/mol. The zero-order valence-corrected chi connectivity index (χ0v) is 15.8. The van der Waals surface area contributed by atoms with Crippen LogP contribution in [0.3, 0.4) is 0 Å². The summed E-state index contributed by atoms with van der Waals surface area (Å²) < 4.78 is 37.7. The Bertz CT molecular complexity index is 871. The fraction of sp³-hybridized carbons (Fsp3) is 0.222. The minimum Gasteiger partial charge on any atom is -0.748 e. The first-order chi connectivity index (χ1) is 12.6. The van der Waals surface area contributed by atoms with Gasteiger partial charge in [0, 0.05) is 18.2 Å². The summed E-state index contributed by atoms with van der Waals surface area (Å²) in [5.74, 6) is 0.658. The normalized spacial score (nSPS) is 10.3. The number of methoxy groups -OCH3 is 1. The van der Waals surface area contributed by atoms with Gasteiger partial charge in [-0.1, -0.05) is 36.4 Å². The SMILES string of the molecule is COc1ccccc1OC(=O)CCc1ccc(C(=N)N)cc1.CS(=O)(=O)[O-]. The number of carbonyl (C=O) groups is 1. The number of carbonyl (C=O) groups excluding carboxylic acids is 1. The molecule has 0 amide bonds. The van der Waals surface area contributed by atoms with Gasteiger partial charge in [0.15, 0.2) is 11.5 Å². The van der Waals surface area contributed by atoms with Crippen LogP contribution in [-0.4, -0.2) is 38.1 Å². The van der Waals surface area contributed by atoms with Gasteiger partial charge in [0.1, 0.15) is 5.84 Å². The van der Waals surface area contributed by atoms with Crippen molar-refractivity contribution in [2.45, 2.75) is 12.8 Å². The lowest BCUT2D eigenvalue weighted by Crippen LogP contribution is -2.11. The molecule has 0 fully saturated rings. The van der Waals surface area contributed by atoms with Crippen LogP contribution in [0.25, 0.3) is 0 Å². The van der Waals surface area contributed by atoms with E-state index in [-0.39, 0.29) is 18.2 Å². The predicted molar refractivity (Wildman–Crippen MR) is 100 cm³/mol. The Morgan fingerprint density at radius 2 is 1.63 bits per heavy atom. The molecule has 0 atom stereocenters. The minimum atomic E-state index is -3.92. The van der Waals surface area contributed by atoms with Crippen LogP contribution in [0.4, 0.5) is 0 Å². The zero-order chi connectivity index (χ0) is 20.4. The number of rotatable bonds is 6. The maximum Gasteiger partial charge on any atom is 0.311 e. The lowest BCUT2D eigenvalue weighted by molar-refractivity contribution is -0.134. The van der Waals surface area contributed by atoms with E-state index in [0.29, 0.717) is 29.7 Å². The Morgan fingerprint density at radius 1 is 1.11 bits per heavy atom. The Balaban J connectivity index is 0.000000646. The third-order valence-corrected chi connectivity index (χ3v) is 3.18. The first kappa shape index (κ1) is 22.1. The molecule has 3 N–H and O–H groups in total. The number of esters is 1. The second kappa shape index (κ2) is 10.3. The quantitative estimate of drug-likeness (QED) is 0.250. The smallest absolute Gasteiger partial charge is 0.311 e. The molecule has 0 bridgehead atoms. The van der Waals surface area contributed by atoms with Crippen LogP contribution in [0.15, 0.2) is 48.5 Å². The van der Waals surface area contributed by atoms with Gasteiger partial charge in [0.2, 0.25) is 0 Å². The van der Waals surface area contributed by atoms with Crippen molar-refractivity contribution in [3.63, 3.8) is 0 Å². The molecule has 0 spiro atoms. The second-order valence-electron chi connectivity index (χ2n) is 5.44. The molecule has 2 rings (SSSR count). The topological polar surface area (TPSA) is 143 Å². The van der Waals surface area contributed by atoms with Crippen LogP contribution in [0.5, 0.6) is 11.5 Å². The molecule has 0 radical (unpaired) electrons. The number of benzene rings is 2. The average molecular weight is 393 g/mol. The summed E-state index contributed by atoms with van der Waals surface area (Å²) in [5.41, 5.74) is 7.05. The molecule has 0 aliphatic rings. The van der Waals surface area contributed by atoms with Crippen molar-refractivity contribution < 1.29 is 27.2 Å². The molecule has 0 saturated carbocycles. The van der Waals surface area contributed by atoms with Crippen molar-refractivity contribution in [3.05, 3.63) is 59.7 Å². The molecule has 0 aliphatic carbocycles. The van der Waals surface area contributed by atoms with Gasteiger partial charge in [-0.05, 0) is 24.1 Å². The van der Waals surface area contributed by atoms with E-state index in [2.05, 4.69) is 0 Å². The number of hydrogen-bond acceptors (Lipinski definition) is 7. The number of hydrogen-bond donors (Lipinski definition) is 2. The van der Waals surface area contributed by atoms with E-state index in [0.717, 1.165) is 5.56 Å². The molecule has 146 valence electrons. The fourth-order valence-electron chi connectivity index (χ4n) is 1.97. The van der Waals surface area contributed by atoms with Crippen LogP contribution in [-0.2, 0) is 21.3 Å². The molecule has 27 heavy (non-hydrogen) atoms. The third-order valence-electron chi connectivity index (χ3n) is 3.18. The maximum atomic E-state index is 11.9. The molecule has 8 nitrogen and oxygen atoms in total. The zero-order valence-electron chi connectivity index (χ0n) is 15.0. The van der Waals surface area contributed by atoms with Gasteiger partial charge in [-0.2, -0.15) is 0 Å². The summed E-state index contributed by atoms with van der Waals surface area (Å²) in [4.78, 5) is 11.9. The third kappa shape index (κ3) is 9.38. The molecule has 9 heteroatoms. The monoisotopic (exact) mass is 393 g/mol. The highest BCUT2D eigenvalue weighted by Crippen LogP contribution is 2.26. The number of aryl methyl sites for hydroxylation is 1. The highest BCUT2D eigenvalue weighted by molar-refractivity contribution is 7.84. The Labute approximate surface area is 158 Å². The summed E-state index contributed by atoms with van der Waals surface area (Å²) in [6.07, 6.45) is 1.43. The highest BCUT2D eigenvalue weighted by atomic mass is 32.2. The second-order valence-corrected chi connectivity index (χ2v) is 6.85. The van der Waals surface area contributed by atoms with Crippen molar-refractivity contribution in [1.82, 2.24) is 0 Å². The number of nitrogens with two attached hydrogens (primary N) is 1. The van der Waals surface area contributed by atoms with E-state index in [1.54, 1.807) is 30.3 Å². The summed E-state index contributed by atoms with van der Waals surface area (Å²) in [6.45, 7) is 0. The van der Waals surface area contributed by atoms with Gasteiger partial charge in [0.05, 0.1) is 17.2 Å². The lowest BCUT2D eigenvalue weighted by atomic mass is 10.1. The van der Waals surface area contributed by atoms with Crippen LogP contribution in [0.1, 0.15) is 17.5 Å². The molecule has 0 aromatic heterocycles. The summed E-state index contributed by atoms with van der Waals surface area (Å²) in [7, 11) is -2.39. The fourth-order valence-corrected chi connectivity index (χ4v) is 1.97. The Morgan fingerprint density at radius 3 is 2.11 bits per heavy atom. The van der Waals surface area contributed by atoms with Crippen molar-refractivity contribution in [2.75, 3.05) is 13.4 Å². The van der Waals surface area contributed by atoms with E-state index in [1.807, 2.05) is 18.2 Å².